The molecule has 0 saturated carbocycles. The van der Waals surface area contributed by atoms with Crippen LogP contribution >= 0.6 is 38.6 Å². The number of benzene rings is 1. The summed E-state index contributed by atoms with van der Waals surface area (Å²) in [7, 11) is 0. The van der Waals surface area contributed by atoms with E-state index in [2.05, 4.69) is 47.0 Å². The summed E-state index contributed by atoms with van der Waals surface area (Å²) in [5.41, 5.74) is 2.81. The van der Waals surface area contributed by atoms with Gasteiger partial charge in [-0.25, -0.2) is 4.98 Å². The second kappa shape index (κ2) is 6.78. The van der Waals surface area contributed by atoms with Crippen molar-refractivity contribution in [3.05, 3.63) is 56.7 Å². The van der Waals surface area contributed by atoms with Gasteiger partial charge < -0.3 is 0 Å². The molecule has 0 radical (unpaired) electrons. The number of hydrogen-bond acceptors (Lipinski definition) is 4. The highest BCUT2D eigenvalue weighted by atomic mass is 79.9. The van der Waals surface area contributed by atoms with Gasteiger partial charge in [-0.1, -0.05) is 32.9 Å². The van der Waals surface area contributed by atoms with Crippen LogP contribution in [-0.4, -0.2) is 10.9 Å². The molecule has 0 aliphatic heterocycles. The van der Waals surface area contributed by atoms with Crippen LogP contribution in [0.4, 0.5) is 5.13 Å². The molecule has 0 saturated heterocycles. The number of carbonyl (C=O) groups is 1. The molecule has 0 unspecified atom stereocenters. The van der Waals surface area contributed by atoms with Crippen LogP contribution in [0, 0.1) is 0 Å². The van der Waals surface area contributed by atoms with Crippen molar-refractivity contribution in [3.63, 3.8) is 0 Å². The molecule has 1 aromatic carbocycles. The fourth-order valence-electron chi connectivity index (χ4n) is 2.19. The number of amides is 1. The van der Waals surface area contributed by atoms with E-state index in [4.69, 9.17) is 0 Å². The average molecular weight is 421 g/mol. The fraction of sp³-hybridized carbons (Fsp3) is 0.222. The molecule has 2 aromatic heterocycles. The summed E-state index contributed by atoms with van der Waals surface area (Å²) in [6, 6.07) is 11.7. The average Bonchev–Trinajstić information content (AvgIpc) is 3.15. The molecule has 3 rings (SSSR count). The Morgan fingerprint density at radius 3 is 2.42 bits per heavy atom. The Morgan fingerprint density at radius 2 is 1.83 bits per heavy atom. The minimum absolute atomic E-state index is 0.0776. The van der Waals surface area contributed by atoms with Crippen LogP contribution in [0.5, 0.6) is 0 Å². The highest BCUT2D eigenvalue weighted by Crippen LogP contribution is 2.33. The lowest BCUT2D eigenvalue weighted by Gasteiger charge is -2.18. The summed E-state index contributed by atoms with van der Waals surface area (Å²) >= 11 is 6.50. The lowest BCUT2D eigenvalue weighted by Crippen LogP contribution is -2.14. The van der Waals surface area contributed by atoms with Crippen LogP contribution in [0.2, 0.25) is 0 Å². The van der Waals surface area contributed by atoms with Gasteiger partial charge in [0, 0.05) is 10.9 Å². The molecule has 124 valence electrons. The van der Waals surface area contributed by atoms with Crippen molar-refractivity contribution in [1.82, 2.24) is 4.98 Å². The molecule has 6 heteroatoms. The molecule has 1 N–H and O–H groups in total. The van der Waals surface area contributed by atoms with Crippen molar-refractivity contribution in [2.75, 3.05) is 5.32 Å². The molecular weight excluding hydrogens is 404 g/mol. The summed E-state index contributed by atoms with van der Waals surface area (Å²) in [5, 5.41) is 5.44. The predicted molar refractivity (Wildman–Crippen MR) is 106 cm³/mol. The normalized spacial score (nSPS) is 11.5. The number of aromatic nitrogens is 1. The Balaban J connectivity index is 1.72. The van der Waals surface area contributed by atoms with E-state index in [1.54, 1.807) is 11.3 Å². The quantitative estimate of drug-likeness (QED) is 0.548. The third-order valence-corrected chi connectivity index (χ3v) is 5.97. The van der Waals surface area contributed by atoms with Gasteiger partial charge in [-0.3, -0.25) is 10.1 Å². The van der Waals surface area contributed by atoms with Gasteiger partial charge in [-0.15, -0.1) is 22.7 Å². The maximum Gasteiger partial charge on any atom is 0.257 e. The smallest absolute Gasteiger partial charge is 0.257 e. The minimum atomic E-state index is -0.135. The first-order chi connectivity index (χ1) is 11.3. The Bertz CT molecular complexity index is 860. The molecule has 1 amide bonds. The largest absolute Gasteiger partial charge is 0.298 e. The number of halogens is 1. The Morgan fingerprint density at radius 1 is 1.12 bits per heavy atom. The highest BCUT2D eigenvalue weighted by molar-refractivity contribution is 9.11. The van der Waals surface area contributed by atoms with Crippen molar-refractivity contribution in [1.29, 1.82) is 0 Å². The summed E-state index contributed by atoms with van der Waals surface area (Å²) in [5.74, 6) is -0.135. The lowest BCUT2D eigenvalue weighted by atomic mass is 9.87. The number of carbonyl (C=O) groups excluding carboxylic acids is 1. The molecule has 0 aliphatic carbocycles. The number of anilines is 1. The molecule has 0 fully saturated rings. The van der Waals surface area contributed by atoms with E-state index in [1.165, 1.54) is 16.9 Å². The standard InChI is InChI=1S/C18H17BrN2OS2/c1-18(2,3)12-6-4-11(5-7-12)16(22)21-17-20-13(10-23-17)14-8-9-15(19)24-14/h4-10H,1-3H3,(H,20,21,22). The lowest BCUT2D eigenvalue weighted by molar-refractivity contribution is 0.102. The first-order valence-electron chi connectivity index (χ1n) is 7.46. The molecule has 0 spiro atoms. The minimum Gasteiger partial charge on any atom is -0.298 e. The van der Waals surface area contributed by atoms with Gasteiger partial charge in [0.1, 0.15) is 0 Å². The zero-order valence-corrected chi connectivity index (χ0v) is 16.8. The van der Waals surface area contributed by atoms with Gasteiger partial charge in [0.2, 0.25) is 0 Å². The van der Waals surface area contributed by atoms with E-state index in [0.717, 1.165) is 14.4 Å². The third-order valence-electron chi connectivity index (χ3n) is 3.56. The Kier molecular flexibility index (Phi) is 4.90. The molecule has 0 bridgehead atoms. The van der Waals surface area contributed by atoms with Gasteiger partial charge in [-0.2, -0.15) is 0 Å². The van der Waals surface area contributed by atoms with Crippen LogP contribution in [0.3, 0.4) is 0 Å². The number of hydrogen-bond donors (Lipinski definition) is 1. The van der Waals surface area contributed by atoms with Crippen LogP contribution < -0.4 is 5.32 Å². The molecule has 0 aliphatic rings. The van der Waals surface area contributed by atoms with Gasteiger partial charge >= 0.3 is 0 Å². The van der Waals surface area contributed by atoms with Crippen LogP contribution in [0.15, 0.2) is 45.6 Å². The maximum atomic E-state index is 12.4. The van der Waals surface area contributed by atoms with E-state index < -0.39 is 0 Å². The SMILES string of the molecule is CC(C)(C)c1ccc(C(=O)Nc2nc(-c3ccc(Br)s3)cs2)cc1. The van der Waals surface area contributed by atoms with Crippen molar-refractivity contribution < 1.29 is 4.79 Å². The number of thiophene rings is 1. The number of nitrogens with zero attached hydrogens (tertiary/aromatic N) is 1. The Hall–Kier alpha value is -1.50. The third kappa shape index (κ3) is 3.94. The summed E-state index contributed by atoms with van der Waals surface area (Å²) < 4.78 is 1.06. The second-order valence-corrected chi connectivity index (χ2v) is 9.74. The highest BCUT2D eigenvalue weighted by Gasteiger charge is 2.15. The van der Waals surface area contributed by atoms with E-state index in [-0.39, 0.29) is 11.3 Å². The van der Waals surface area contributed by atoms with Gasteiger partial charge in [-0.05, 0) is 51.2 Å². The zero-order valence-electron chi connectivity index (χ0n) is 13.6. The van der Waals surface area contributed by atoms with E-state index in [1.807, 2.05) is 41.8 Å². The monoisotopic (exact) mass is 420 g/mol. The van der Waals surface area contributed by atoms with Crippen LogP contribution in [0.1, 0.15) is 36.7 Å². The molecular formula is C18H17BrN2OS2. The number of nitrogens with one attached hydrogen (secondary N) is 1. The fourth-order valence-corrected chi connectivity index (χ4v) is 4.31. The topological polar surface area (TPSA) is 42.0 Å². The first kappa shape index (κ1) is 17.3. The molecule has 3 aromatic rings. The van der Waals surface area contributed by atoms with Crippen molar-refractivity contribution in [2.24, 2.45) is 0 Å². The predicted octanol–water partition coefficient (Wildman–Crippen LogP) is 6.18. The zero-order chi connectivity index (χ0) is 17.3. The van der Waals surface area contributed by atoms with Crippen LogP contribution in [-0.2, 0) is 5.41 Å². The first-order valence-corrected chi connectivity index (χ1v) is 9.95. The molecule has 3 nitrogen and oxygen atoms in total. The van der Waals surface area contributed by atoms with Gasteiger partial charge in [0.25, 0.3) is 5.91 Å². The number of rotatable bonds is 3. The van der Waals surface area contributed by atoms with E-state index in [9.17, 15) is 4.79 Å². The molecule has 0 atom stereocenters. The van der Waals surface area contributed by atoms with Gasteiger partial charge in [0.15, 0.2) is 5.13 Å². The van der Waals surface area contributed by atoms with Crippen molar-refractivity contribution in [3.8, 4) is 10.6 Å². The van der Waals surface area contributed by atoms with Gasteiger partial charge in [0.05, 0.1) is 14.4 Å². The van der Waals surface area contributed by atoms with Crippen LogP contribution in [0.25, 0.3) is 10.6 Å². The molecule has 24 heavy (non-hydrogen) atoms. The molecule has 2 heterocycles. The maximum absolute atomic E-state index is 12.4. The summed E-state index contributed by atoms with van der Waals surface area (Å²) in [6.45, 7) is 6.46. The Labute approximate surface area is 157 Å². The second-order valence-electron chi connectivity index (χ2n) is 6.42. The van der Waals surface area contributed by atoms with E-state index in [0.29, 0.717) is 10.7 Å². The van der Waals surface area contributed by atoms with Crippen molar-refractivity contribution in [2.45, 2.75) is 26.2 Å². The van der Waals surface area contributed by atoms with E-state index >= 15 is 0 Å². The summed E-state index contributed by atoms with van der Waals surface area (Å²) in [4.78, 5) is 17.9. The summed E-state index contributed by atoms with van der Waals surface area (Å²) in [6.07, 6.45) is 0. The van der Waals surface area contributed by atoms with Crippen molar-refractivity contribution >= 4 is 49.6 Å². The number of thiazole rings is 1.